The van der Waals surface area contributed by atoms with Gasteiger partial charge in [-0.15, -0.1) is 0 Å². The van der Waals surface area contributed by atoms with Crippen molar-refractivity contribution in [2.75, 3.05) is 13.1 Å². The van der Waals surface area contributed by atoms with Crippen molar-refractivity contribution in [2.24, 2.45) is 5.92 Å². The van der Waals surface area contributed by atoms with E-state index in [9.17, 15) is 4.79 Å². The van der Waals surface area contributed by atoms with Crippen molar-refractivity contribution < 1.29 is 4.79 Å². The molecule has 1 amide bonds. The maximum atomic E-state index is 12.4. The van der Waals surface area contributed by atoms with E-state index in [1.807, 2.05) is 29.3 Å². The molecule has 0 bridgehead atoms. The van der Waals surface area contributed by atoms with Crippen LogP contribution in [0.5, 0.6) is 0 Å². The third-order valence-corrected chi connectivity index (χ3v) is 4.58. The van der Waals surface area contributed by atoms with E-state index in [4.69, 9.17) is 0 Å². The Morgan fingerprint density at radius 2 is 1.88 bits per heavy atom. The number of rotatable bonds is 3. The highest BCUT2D eigenvalue weighted by molar-refractivity contribution is 5.90. The SMILES string of the molecule is O=C(c1ncccn1)N1CC[C@H](Cc2ccnc3ccccc23)C1. The van der Waals surface area contributed by atoms with Crippen molar-refractivity contribution in [3.63, 3.8) is 0 Å². The van der Waals surface area contributed by atoms with Gasteiger partial charge in [-0.1, -0.05) is 18.2 Å². The molecule has 2 aromatic heterocycles. The van der Waals surface area contributed by atoms with E-state index in [0.717, 1.165) is 31.4 Å². The second-order valence-corrected chi connectivity index (χ2v) is 6.17. The predicted octanol–water partition coefficient (Wildman–Crippen LogP) is 2.73. The molecule has 0 unspecified atom stereocenters. The molecule has 0 N–H and O–H groups in total. The fraction of sp³-hybridized carbons (Fsp3) is 0.263. The van der Waals surface area contributed by atoms with Crippen LogP contribution in [-0.2, 0) is 6.42 Å². The average molecular weight is 318 g/mol. The Labute approximate surface area is 140 Å². The molecule has 5 heteroatoms. The number of hydrogen-bond donors (Lipinski definition) is 0. The van der Waals surface area contributed by atoms with Crippen LogP contribution in [0.3, 0.4) is 0 Å². The van der Waals surface area contributed by atoms with Gasteiger partial charge in [0.15, 0.2) is 0 Å². The minimum absolute atomic E-state index is 0.0716. The highest BCUT2D eigenvalue weighted by atomic mass is 16.2. The third kappa shape index (κ3) is 2.85. The fourth-order valence-corrected chi connectivity index (χ4v) is 3.38. The highest BCUT2D eigenvalue weighted by Gasteiger charge is 2.28. The number of fused-ring (bicyclic) bond motifs is 1. The molecule has 3 heterocycles. The van der Waals surface area contributed by atoms with Gasteiger partial charge in [0.05, 0.1) is 5.52 Å². The number of carbonyl (C=O) groups is 1. The highest BCUT2D eigenvalue weighted by Crippen LogP contribution is 2.25. The van der Waals surface area contributed by atoms with Gasteiger partial charge in [-0.2, -0.15) is 0 Å². The minimum atomic E-state index is -0.0716. The van der Waals surface area contributed by atoms with Crippen LogP contribution in [0.25, 0.3) is 10.9 Å². The summed E-state index contributed by atoms with van der Waals surface area (Å²) in [6.45, 7) is 1.53. The van der Waals surface area contributed by atoms with Crippen molar-refractivity contribution in [1.82, 2.24) is 19.9 Å². The Balaban J connectivity index is 1.48. The zero-order valence-electron chi connectivity index (χ0n) is 13.3. The van der Waals surface area contributed by atoms with E-state index < -0.39 is 0 Å². The summed E-state index contributed by atoms with van der Waals surface area (Å²) in [5.74, 6) is 0.675. The van der Waals surface area contributed by atoms with Gasteiger partial charge >= 0.3 is 0 Å². The number of pyridine rings is 1. The number of para-hydroxylation sites is 1. The summed E-state index contributed by atoms with van der Waals surface area (Å²) in [6.07, 6.45) is 7.05. The summed E-state index contributed by atoms with van der Waals surface area (Å²) in [4.78, 5) is 26.9. The standard InChI is InChI=1S/C19H18N4O/c24-19(18-21-8-3-9-22-18)23-11-7-14(13-23)12-15-6-10-20-17-5-2-1-4-16(15)17/h1-6,8-10,14H,7,11-13H2/t14-/m1/s1. The molecule has 1 atom stereocenters. The largest absolute Gasteiger partial charge is 0.336 e. The Morgan fingerprint density at radius 1 is 1.04 bits per heavy atom. The molecule has 3 aromatic rings. The zero-order chi connectivity index (χ0) is 16.4. The first-order chi connectivity index (χ1) is 11.8. The van der Waals surface area contributed by atoms with Crippen LogP contribution in [-0.4, -0.2) is 38.8 Å². The summed E-state index contributed by atoms with van der Waals surface area (Å²) in [6, 6.07) is 12.0. The fourth-order valence-electron chi connectivity index (χ4n) is 3.38. The molecule has 1 aliphatic rings. The lowest BCUT2D eigenvalue weighted by molar-refractivity contribution is 0.0775. The van der Waals surface area contributed by atoms with Crippen LogP contribution in [0.1, 0.15) is 22.6 Å². The number of benzene rings is 1. The first-order valence-corrected chi connectivity index (χ1v) is 8.20. The lowest BCUT2D eigenvalue weighted by Gasteiger charge is -2.16. The topological polar surface area (TPSA) is 59.0 Å². The molecule has 1 saturated heterocycles. The van der Waals surface area contributed by atoms with Crippen molar-refractivity contribution in [1.29, 1.82) is 0 Å². The van der Waals surface area contributed by atoms with Crippen LogP contribution < -0.4 is 0 Å². The van der Waals surface area contributed by atoms with E-state index in [-0.39, 0.29) is 11.7 Å². The smallest absolute Gasteiger partial charge is 0.291 e. The molecule has 1 aliphatic heterocycles. The van der Waals surface area contributed by atoms with Gasteiger partial charge in [0.1, 0.15) is 0 Å². The normalized spacial score (nSPS) is 17.3. The number of aromatic nitrogens is 3. The molecule has 5 nitrogen and oxygen atoms in total. The summed E-state index contributed by atoms with van der Waals surface area (Å²) in [5, 5.41) is 1.20. The van der Waals surface area contributed by atoms with E-state index in [2.05, 4.69) is 27.1 Å². The summed E-state index contributed by atoms with van der Waals surface area (Å²) in [7, 11) is 0. The van der Waals surface area contributed by atoms with E-state index in [1.54, 1.807) is 18.5 Å². The molecule has 24 heavy (non-hydrogen) atoms. The average Bonchev–Trinajstić information content (AvgIpc) is 3.11. The second kappa shape index (κ2) is 6.35. The molecular weight excluding hydrogens is 300 g/mol. The van der Waals surface area contributed by atoms with Crippen LogP contribution in [0.2, 0.25) is 0 Å². The number of carbonyl (C=O) groups excluding carboxylic acids is 1. The van der Waals surface area contributed by atoms with Crippen LogP contribution in [0.15, 0.2) is 55.0 Å². The summed E-state index contributed by atoms with van der Waals surface area (Å²) in [5.41, 5.74) is 2.33. The molecule has 0 spiro atoms. The Morgan fingerprint density at radius 3 is 2.75 bits per heavy atom. The van der Waals surface area contributed by atoms with Gasteiger partial charge in [-0.05, 0) is 42.5 Å². The maximum absolute atomic E-state index is 12.4. The number of amides is 1. The van der Waals surface area contributed by atoms with Crippen LogP contribution in [0.4, 0.5) is 0 Å². The Kier molecular flexibility index (Phi) is 3.91. The molecule has 120 valence electrons. The van der Waals surface area contributed by atoms with Crippen molar-refractivity contribution in [3.8, 4) is 0 Å². The maximum Gasteiger partial charge on any atom is 0.291 e. The number of likely N-dealkylation sites (tertiary alicyclic amines) is 1. The molecular formula is C19H18N4O. The summed E-state index contributed by atoms with van der Waals surface area (Å²) < 4.78 is 0. The van der Waals surface area contributed by atoms with E-state index in [1.165, 1.54) is 10.9 Å². The number of nitrogens with zero attached hydrogens (tertiary/aromatic N) is 4. The third-order valence-electron chi connectivity index (χ3n) is 4.58. The van der Waals surface area contributed by atoms with Crippen LogP contribution >= 0.6 is 0 Å². The van der Waals surface area contributed by atoms with Crippen molar-refractivity contribution in [3.05, 3.63) is 66.4 Å². The first kappa shape index (κ1) is 14.8. The molecule has 4 rings (SSSR count). The molecule has 1 aromatic carbocycles. The summed E-state index contributed by atoms with van der Waals surface area (Å²) >= 11 is 0. The van der Waals surface area contributed by atoms with Gasteiger partial charge < -0.3 is 4.90 Å². The lowest BCUT2D eigenvalue weighted by Crippen LogP contribution is -2.30. The second-order valence-electron chi connectivity index (χ2n) is 6.17. The first-order valence-electron chi connectivity index (χ1n) is 8.20. The minimum Gasteiger partial charge on any atom is -0.336 e. The van der Waals surface area contributed by atoms with Gasteiger partial charge in [0, 0.05) is 37.1 Å². The predicted molar refractivity (Wildman–Crippen MR) is 91.5 cm³/mol. The zero-order valence-corrected chi connectivity index (χ0v) is 13.3. The lowest BCUT2D eigenvalue weighted by atomic mass is 9.96. The van der Waals surface area contributed by atoms with Crippen molar-refractivity contribution >= 4 is 16.8 Å². The monoisotopic (exact) mass is 318 g/mol. The van der Waals surface area contributed by atoms with Gasteiger partial charge in [0.2, 0.25) is 5.82 Å². The van der Waals surface area contributed by atoms with Crippen molar-refractivity contribution in [2.45, 2.75) is 12.8 Å². The molecule has 0 aliphatic carbocycles. The Bertz CT molecular complexity index is 860. The molecule has 0 radical (unpaired) electrons. The van der Waals surface area contributed by atoms with Gasteiger partial charge in [0.25, 0.3) is 5.91 Å². The number of hydrogen-bond acceptors (Lipinski definition) is 4. The van der Waals surface area contributed by atoms with Gasteiger partial charge in [-0.3, -0.25) is 9.78 Å². The Hall–Kier alpha value is -2.82. The van der Waals surface area contributed by atoms with Crippen LogP contribution in [0, 0.1) is 5.92 Å². The molecule has 1 fully saturated rings. The quantitative estimate of drug-likeness (QED) is 0.745. The van der Waals surface area contributed by atoms with E-state index >= 15 is 0 Å². The molecule has 0 saturated carbocycles. The van der Waals surface area contributed by atoms with E-state index in [0.29, 0.717) is 5.92 Å². The van der Waals surface area contributed by atoms with Gasteiger partial charge in [-0.25, -0.2) is 9.97 Å².